The summed E-state index contributed by atoms with van der Waals surface area (Å²) in [7, 11) is 3.09. The van der Waals surface area contributed by atoms with E-state index in [1.165, 1.54) is 13.2 Å². The Labute approximate surface area is 156 Å². The third kappa shape index (κ3) is 5.63. The minimum atomic E-state index is -0.617. The van der Waals surface area contributed by atoms with Gasteiger partial charge in [-0.15, -0.1) is 11.3 Å². The van der Waals surface area contributed by atoms with Crippen molar-refractivity contribution >= 4 is 29.3 Å². The summed E-state index contributed by atoms with van der Waals surface area (Å²) in [6.45, 7) is 1.54. The third-order valence-electron chi connectivity index (χ3n) is 3.53. The first-order valence-electron chi connectivity index (χ1n) is 7.93. The molecule has 0 aliphatic rings. The summed E-state index contributed by atoms with van der Waals surface area (Å²) in [6, 6.07) is 8.96. The van der Waals surface area contributed by atoms with Gasteiger partial charge in [-0.25, -0.2) is 4.79 Å². The standard InChI is InChI=1S/C19H21NO5S/c1-13(17-5-4-10-26-17)20-18(21)12-25-19(22)9-6-14-11-15(23-2)7-8-16(14)24-3/h4-11,13H,12H2,1-3H3,(H,20,21)/b9-6+/t13-/m0/s1. The Hall–Kier alpha value is -2.80. The van der Waals surface area contributed by atoms with E-state index in [1.807, 2.05) is 24.4 Å². The molecule has 1 atom stereocenters. The maximum absolute atomic E-state index is 11.9. The summed E-state index contributed by atoms with van der Waals surface area (Å²) < 4.78 is 15.3. The van der Waals surface area contributed by atoms with E-state index in [0.29, 0.717) is 17.1 Å². The first kappa shape index (κ1) is 19.5. The fourth-order valence-corrected chi connectivity index (χ4v) is 2.94. The van der Waals surface area contributed by atoms with E-state index in [0.717, 1.165) is 4.88 Å². The lowest BCUT2D eigenvalue weighted by Crippen LogP contribution is -2.30. The van der Waals surface area contributed by atoms with Gasteiger partial charge in [-0.1, -0.05) is 6.07 Å². The van der Waals surface area contributed by atoms with Gasteiger partial charge in [0, 0.05) is 16.5 Å². The van der Waals surface area contributed by atoms with Crippen LogP contribution in [0.2, 0.25) is 0 Å². The third-order valence-corrected chi connectivity index (χ3v) is 4.58. The number of carbonyl (C=O) groups excluding carboxylic acids is 2. The molecule has 7 heteroatoms. The summed E-state index contributed by atoms with van der Waals surface area (Å²) in [4.78, 5) is 24.7. The lowest BCUT2D eigenvalue weighted by Gasteiger charge is -2.11. The van der Waals surface area contributed by atoms with Gasteiger partial charge in [-0.2, -0.15) is 0 Å². The molecule has 0 spiro atoms. The fourth-order valence-electron chi connectivity index (χ4n) is 2.20. The highest BCUT2D eigenvalue weighted by Gasteiger charge is 2.11. The molecule has 1 amide bonds. The van der Waals surface area contributed by atoms with Crippen molar-refractivity contribution in [1.82, 2.24) is 5.32 Å². The highest BCUT2D eigenvalue weighted by molar-refractivity contribution is 7.10. The molecular weight excluding hydrogens is 354 g/mol. The van der Waals surface area contributed by atoms with Gasteiger partial charge in [0.05, 0.1) is 20.3 Å². The summed E-state index contributed by atoms with van der Waals surface area (Å²) >= 11 is 1.55. The molecular formula is C19H21NO5S. The van der Waals surface area contributed by atoms with Crippen LogP contribution in [-0.2, 0) is 14.3 Å². The number of thiophene rings is 1. The summed E-state index contributed by atoms with van der Waals surface area (Å²) in [6.07, 6.45) is 2.79. The van der Waals surface area contributed by atoms with Crippen molar-refractivity contribution < 1.29 is 23.8 Å². The molecule has 6 nitrogen and oxygen atoms in total. The van der Waals surface area contributed by atoms with Crippen molar-refractivity contribution in [2.24, 2.45) is 0 Å². The number of hydrogen-bond donors (Lipinski definition) is 1. The van der Waals surface area contributed by atoms with E-state index in [1.54, 1.807) is 42.7 Å². The van der Waals surface area contributed by atoms with E-state index >= 15 is 0 Å². The zero-order valence-corrected chi connectivity index (χ0v) is 15.7. The van der Waals surface area contributed by atoms with Crippen LogP contribution in [-0.4, -0.2) is 32.7 Å². The van der Waals surface area contributed by atoms with Crippen LogP contribution in [0, 0.1) is 0 Å². The van der Waals surface area contributed by atoms with Crippen LogP contribution in [0.3, 0.4) is 0 Å². The van der Waals surface area contributed by atoms with E-state index in [-0.39, 0.29) is 18.6 Å². The first-order chi connectivity index (χ1) is 12.5. The molecule has 0 saturated heterocycles. The molecule has 1 N–H and O–H groups in total. The second-order valence-corrected chi connectivity index (χ2v) is 6.33. The Balaban J connectivity index is 1.86. The van der Waals surface area contributed by atoms with Crippen LogP contribution in [0.4, 0.5) is 0 Å². The minimum absolute atomic E-state index is 0.127. The highest BCUT2D eigenvalue weighted by Crippen LogP contribution is 2.25. The number of methoxy groups -OCH3 is 2. The molecule has 0 unspecified atom stereocenters. The van der Waals surface area contributed by atoms with Crippen molar-refractivity contribution in [3.05, 3.63) is 52.2 Å². The second-order valence-electron chi connectivity index (χ2n) is 5.35. The number of rotatable bonds is 8. The van der Waals surface area contributed by atoms with Gasteiger partial charge in [0.25, 0.3) is 5.91 Å². The molecule has 138 valence electrons. The Kier molecular flexibility index (Phi) is 7.23. The van der Waals surface area contributed by atoms with Crippen molar-refractivity contribution in [3.63, 3.8) is 0 Å². The molecule has 2 aromatic rings. The number of esters is 1. The lowest BCUT2D eigenvalue weighted by atomic mass is 10.1. The first-order valence-corrected chi connectivity index (χ1v) is 8.81. The predicted molar refractivity (Wildman–Crippen MR) is 100 cm³/mol. The molecule has 2 rings (SSSR count). The van der Waals surface area contributed by atoms with Crippen LogP contribution in [0.5, 0.6) is 11.5 Å². The van der Waals surface area contributed by atoms with Crippen LogP contribution in [0.1, 0.15) is 23.4 Å². The molecule has 1 heterocycles. The molecule has 0 aliphatic heterocycles. The van der Waals surface area contributed by atoms with E-state index in [9.17, 15) is 9.59 Å². The smallest absolute Gasteiger partial charge is 0.331 e. The number of hydrogen-bond acceptors (Lipinski definition) is 6. The maximum Gasteiger partial charge on any atom is 0.331 e. The largest absolute Gasteiger partial charge is 0.497 e. The number of ether oxygens (including phenoxy) is 3. The summed E-state index contributed by atoms with van der Waals surface area (Å²) in [5.74, 6) is 0.263. The quantitative estimate of drug-likeness (QED) is 0.567. The average molecular weight is 375 g/mol. The molecule has 1 aromatic carbocycles. The average Bonchev–Trinajstić information content (AvgIpc) is 3.19. The van der Waals surface area contributed by atoms with Gasteiger partial charge in [0.2, 0.25) is 0 Å². The molecule has 1 aromatic heterocycles. The number of amides is 1. The fraction of sp³-hybridized carbons (Fsp3) is 0.263. The lowest BCUT2D eigenvalue weighted by molar-refractivity contribution is -0.144. The second kappa shape index (κ2) is 9.62. The van der Waals surface area contributed by atoms with E-state index in [2.05, 4.69) is 5.32 Å². The molecule has 0 fully saturated rings. The van der Waals surface area contributed by atoms with Gasteiger partial charge in [0.15, 0.2) is 6.61 Å². The van der Waals surface area contributed by atoms with Gasteiger partial charge in [-0.05, 0) is 42.6 Å². The summed E-state index contributed by atoms with van der Waals surface area (Å²) in [5, 5.41) is 4.72. The predicted octanol–water partition coefficient (Wildman–Crippen LogP) is 3.20. The number of nitrogens with one attached hydrogen (secondary N) is 1. The van der Waals surface area contributed by atoms with Crippen molar-refractivity contribution in [2.45, 2.75) is 13.0 Å². The van der Waals surface area contributed by atoms with Crippen molar-refractivity contribution in [1.29, 1.82) is 0 Å². The van der Waals surface area contributed by atoms with Crippen molar-refractivity contribution in [2.75, 3.05) is 20.8 Å². The zero-order valence-electron chi connectivity index (χ0n) is 14.9. The zero-order chi connectivity index (χ0) is 18.9. The Morgan fingerprint density at radius 2 is 2.04 bits per heavy atom. The van der Waals surface area contributed by atoms with Crippen LogP contribution in [0.25, 0.3) is 6.08 Å². The normalized spacial score (nSPS) is 11.8. The molecule has 26 heavy (non-hydrogen) atoms. The molecule has 0 aliphatic carbocycles. The maximum atomic E-state index is 11.9. The molecule has 0 saturated carbocycles. The van der Waals surface area contributed by atoms with Crippen LogP contribution < -0.4 is 14.8 Å². The van der Waals surface area contributed by atoms with Crippen LogP contribution in [0.15, 0.2) is 41.8 Å². The van der Waals surface area contributed by atoms with Gasteiger partial charge in [0.1, 0.15) is 11.5 Å². The number of carbonyl (C=O) groups is 2. The Bertz CT molecular complexity index is 770. The minimum Gasteiger partial charge on any atom is -0.497 e. The Morgan fingerprint density at radius 1 is 1.23 bits per heavy atom. The molecule has 0 bridgehead atoms. The topological polar surface area (TPSA) is 73.9 Å². The van der Waals surface area contributed by atoms with Gasteiger partial charge < -0.3 is 19.5 Å². The SMILES string of the molecule is COc1ccc(OC)c(/C=C/C(=O)OCC(=O)N[C@@H](C)c2cccs2)c1. The van der Waals surface area contributed by atoms with Crippen molar-refractivity contribution in [3.8, 4) is 11.5 Å². The number of benzene rings is 1. The summed E-state index contributed by atoms with van der Waals surface area (Å²) in [5.41, 5.74) is 0.666. The molecule has 0 radical (unpaired) electrons. The monoisotopic (exact) mass is 375 g/mol. The van der Waals surface area contributed by atoms with Gasteiger partial charge in [-0.3, -0.25) is 4.79 Å². The van der Waals surface area contributed by atoms with E-state index < -0.39 is 5.97 Å². The highest BCUT2D eigenvalue weighted by atomic mass is 32.1. The van der Waals surface area contributed by atoms with Crippen LogP contribution >= 0.6 is 11.3 Å². The Morgan fingerprint density at radius 3 is 2.69 bits per heavy atom. The van der Waals surface area contributed by atoms with E-state index in [4.69, 9.17) is 14.2 Å². The van der Waals surface area contributed by atoms with Gasteiger partial charge >= 0.3 is 5.97 Å².